The Morgan fingerprint density at radius 1 is 1.09 bits per heavy atom. The van der Waals surface area contributed by atoms with Crippen molar-refractivity contribution in [2.75, 3.05) is 32.9 Å². The van der Waals surface area contributed by atoms with Gasteiger partial charge in [-0.3, -0.25) is 9.38 Å². The van der Waals surface area contributed by atoms with Crippen LogP contribution in [0.2, 0.25) is 0 Å². The number of hydrogen-bond donors (Lipinski definition) is 0. The molecule has 0 aromatic heterocycles. The van der Waals surface area contributed by atoms with Gasteiger partial charge in [-0.1, -0.05) is 30.3 Å². The van der Waals surface area contributed by atoms with Crippen molar-refractivity contribution in [3.8, 4) is 0 Å². The van der Waals surface area contributed by atoms with Gasteiger partial charge in [-0.15, -0.1) is 24.0 Å². The molecule has 0 spiro atoms. The highest BCUT2D eigenvalue weighted by Gasteiger charge is 2.27. The third-order valence-electron chi connectivity index (χ3n) is 4.77. The van der Waals surface area contributed by atoms with Gasteiger partial charge in [0.2, 0.25) is 0 Å². The molecule has 2 aliphatic heterocycles. The van der Waals surface area contributed by atoms with Crippen LogP contribution in [0.15, 0.2) is 35.3 Å². The molecule has 0 unspecified atom stereocenters. The van der Waals surface area contributed by atoms with E-state index in [1.165, 1.54) is 24.4 Å². The molecule has 0 bridgehead atoms. The zero-order chi connectivity index (χ0) is 15.2. The van der Waals surface area contributed by atoms with Crippen LogP contribution in [0.25, 0.3) is 0 Å². The number of rotatable bonds is 5. The van der Waals surface area contributed by atoms with Gasteiger partial charge >= 0.3 is 0 Å². The van der Waals surface area contributed by atoms with Crippen molar-refractivity contribution in [1.82, 2.24) is 9.80 Å². The highest BCUT2D eigenvalue weighted by Crippen LogP contribution is 2.24. The highest BCUT2D eigenvalue weighted by atomic mass is 127. The molecular formula is C18H27FIN3. The first kappa shape index (κ1) is 18.5. The van der Waals surface area contributed by atoms with E-state index in [9.17, 15) is 4.39 Å². The standard InChI is InChI=1S/C18H26FN3.HI/c19-10-4-7-16-8-12-21(13-9-16)18-20-11-14-22(18)15-17-5-2-1-3-6-17;/h1-3,5-6,16H,4,7-15H2;1H. The molecule has 128 valence electrons. The summed E-state index contributed by atoms with van der Waals surface area (Å²) in [6.45, 7) is 4.84. The van der Waals surface area contributed by atoms with Gasteiger partial charge in [-0.2, -0.15) is 0 Å². The third kappa shape index (κ3) is 5.06. The Bertz CT molecular complexity index is 486. The molecule has 0 aliphatic carbocycles. The Kier molecular flexibility index (Phi) is 7.59. The predicted molar refractivity (Wildman–Crippen MR) is 104 cm³/mol. The number of piperidine rings is 1. The van der Waals surface area contributed by atoms with E-state index in [-0.39, 0.29) is 30.7 Å². The molecule has 1 fully saturated rings. The zero-order valence-electron chi connectivity index (χ0n) is 13.7. The minimum absolute atomic E-state index is 0. The first-order valence-corrected chi connectivity index (χ1v) is 8.51. The summed E-state index contributed by atoms with van der Waals surface area (Å²) in [7, 11) is 0. The lowest BCUT2D eigenvalue weighted by molar-refractivity contribution is 0.226. The second-order valence-corrected chi connectivity index (χ2v) is 6.35. The number of likely N-dealkylation sites (tertiary alicyclic amines) is 1. The van der Waals surface area contributed by atoms with Crippen molar-refractivity contribution in [3.05, 3.63) is 35.9 Å². The van der Waals surface area contributed by atoms with Crippen molar-refractivity contribution in [2.45, 2.75) is 32.2 Å². The van der Waals surface area contributed by atoms with E-state index in [2.05, 4.69) is 40.1 Å². The van der Waals surface area contributed by atoms with Crippen LogP contribution in [0.5, 0.6) is 0 Å². The Balaban J connectivity index is 0.00000192. The van der Waals surface area contributed by atoms with Gasteiger partial charge in [0, 0.05) is 26.2 Å². The van der Waals surface area contributed by atoms with Crippen molar-refractivity contribution in [1.29, 1.82) is 0 Å². The van der Waals surface area contributed by atoms with Crippen LogP contribution in [-0.4, -0.2) is 48.6 Å². The second-order valence-electron chi connectivity index (χ2n) is 6.35. The molecule has 2 heterocycles. The Hall–Kier alpha value is -0.850. The fraction of sp³-hybridized carbons (Fsp3) is 0.611. The van der Waals surface area contributed by atoms with Gasteiger partial charge in [0.25, 0.3) is 0 Å². The average molecular weight is 431 g/mol. The normalized spacial score (nSPS) is 18.7. The molecular weight excluding hydrogens is 404 g/mol. The summed E-state index contributed by atoms with van der Waals surface area (Å²) in [6.07, 6.45) is 4.13. The van der Waals surface area contributed by atoms with Crippen LogP contribution in [0.3, 0.4) is 0 Å². The van der Waals surface area contributed by atoms with Crippen LogP contribution in [-0.2, 0) is 6.54 Å². The number of halogens is 2. The molecule has 1 aromatic carbocycles. The summed E-state index contributed by atoms with van der Waals surface area (Å²) in [6, 6.07) is 10.6. The first-order chi connectivity index (χ1) is 10.9. The second kappa shape index (κ2) is 9.45. The lowest BCUT2D eigenvalue weighted by atomic mass is 9.92. The van der Waals surface area contributed by atoms with Crippen molar-refractivity contribution < 1.29 is 4.39 Å². The molecule has 3 nitrogen and oxygen atoms in total. The average Bonchev–Trinajstić information content (AvgIpc) is 3.02. The van der Waals surface area contributed by atoms with Gasteiger partial charge in [0.05, 0.1) is 13.2 Å². The molecule has 0 radical (unpaired) electrons. The molecule has 0 saturated carbocycles. The molecule has 1 saturated heterocycles. The van der Waals surface area contributed by atoms with Crippen molar-refractivity contribution in [3.63, 3.8) is 0 Å². The number of guanidine groups is 1. The minimum atomic E-state index is -0.169. The van der Waals surface area contributed by atoms with E-state index in [1.54, 1.807) is 0 Å². The van der Waals surface area contributed by atoms with Gasteiger partial charge in [0.1, 0.15) is 0 Å². The smallest absolute Gasteiger partial charge is 0.197 e. The number of hydrogen-bond acceptors (Lipinski definition) is 3. The fourth-order valence-electron chi connectivity index (χ4n) is 3.51. The molecule has 0 amide bonds. The number of benzene rings is 1. The molecule has 3 rings (SSSR count). The van der Waals surface area contributed by atoms with E-state index < -0.39 is 0 Å². The minimum Gasteiger partial charge on any atom is -0.343 e. The predicted octanol–water partition coefficient (Wildman–Crippen LogP) is 3.94. The van der Waals surface area contributed by atoms with Crippen LogP contribution in [0.1, 0.15) is 31.2 Å². The Labute approximate surface area is 156 Å². The number of aliphatic imine (C=N–C) groups is 1. The van der Waals surface area contributed by atoms with E-state index >= 15 is 0 Å². The Morgan fingerprint density at radius 3 is 2.52 bits per heavy atom. The number of nitrogens with zero attached hydrogens (tertiary/aromatic N) is 3. The molecule has 5 heteroatoms. The molecule has 1 aromatic rings. The van der Waals surface area contributed by atoms with Gasteiger partial charge < -0.3 is 9.80 Å². The van der Waals surface area contributed by atoms with Crippen LogP contribution in [0.4, 0.5) is 4.39 Å². The summed E-state index contributed by atoms with van der Waals surface area (Å²) in [5, 5.41) is 0. The van der Waals surface area contributed by atoms with Crippen LogP contribution < -0.4 is 0 Å². The van der Waals surface area contributed by atoms with E-state index in [0.29, 0.717) is 5.92 Å². The molecule has 2 aliphatic rings. The lowest BCUT2D eigenvalue weighted by Gasteiger charge is -2.36. The van der Waals surface area contributed by atoms with Gasteiger partial charge in [-0.25, -0.2) is 0 Å². The topological polar surface area (TPSA) is 18.8 Å². The first-order valence-electron chi connectivity index (χ1n) is 8.51. The SMILES string of the molecule is FCCCC1CCN(C2=NCCN2Cc2ccccc2)CC1.I. The number of alkyl halides is 1. The highest BCUT2D eigenvalue weighted by molar-refractivity contribution is 14.0. The molecule has 0 N–H and O–H groups in total. The third-order valence-corrected chi connectivity index (χ3v) is 4.77. The summed E-state index contributed by atoms with van der Waals surface area (Å²) in [4.78, 5) is 9.57. The maximum absolute atomic E-state index is 12.3. The summed E-state index contributed by atoms with van der Waals surface area (Å²) in [5.74, 6) is 1.88. The van der Waals surface area contributed by atoms with E-state index in [0.717, 1.165) is 45.6 Å². The fourth-order valence-corrected chi connectivity index (χ4v) is 3.51. The van der Waals surface area contributed by atoms with E-state index in [4.69, 9.17) is 4.99 Å². The van der Waals surface area contributed by atoms with Crippen molar-refractivity contribution >= 4 is 29.9 Å². The Morgan fingerprint density at radius 2 is 1.83 bits per heavy atom. The summed E-state index contributed by atoms with van der Waals surface area (Å²) in [5.41, 5.74) is 1.34. The summed E-state index contributed by atoms with van der Waals surface area (Å²) >= 11 is 0. The molecule has 0 atom stereocenters. The maximum Gasteiger partial charge on any atom is 0.197 e. The maximum atomic E-state index is 12.3. The van der Waals surface area contributed by atoms with Gasteiger partial charge in [0.15, 0.2) is 5.96 Å². The monoisotopic (exact) mass is 431 g/mol. The largest absolute Gasteiger partial charge is 0.343 e. The quantitative estimate of drug-likeness (QED) is 0.658. The molecule has 23 heavy (non-hydrogen) atoms. The summed E-state index contributed by atoms with van der Waals surface area (Å²) < 4.78 is 12.3. The van der Waals surface area contributed by atoms with Crippen LogP contribution >= 0.6 is 24.0 Å². The van der Waals surface area contributed by atoms with Crippen molar-refractivity contribution in [2.24, 2.45) is 10.9 Å². The van der Waals surface area contributed by atoms with Gasteiger partial charge in [-0.05, 0) is 37.2 Å². The zero-order valence-corrected chi connectivity index (χ0v) is 16.0. The van der Waals surface area contributed by atoms with E-state index in [1.807, 2.05) is 0 Å². The lowest BCUT2D eigenvalue weighted by Crippen LogP contribution is -2.45. The van der Waals surface area contributed by atoms with Crippen LogP contribution in [0, 0.1) is 5.92 Å².